The van der Waals surface area contributed by atoms with Crippen LogP contribution in [0.25, 0.3) is 10.9 Å². The Hall–Kier alpha value is -2.10. The fourth-order valence-electron chi connectivity index (χ4n) is 4.63. The second kappa shape index (κ2) is 6.32. The number of amides is 1. The fourth-order valence-corrected chi connectivity index (χ4v) is 4.63. The van der Waals surface area contributed by atoms with Gasteiger partial charge in [0, 0.05) is 29.7 Å². The number of carbonyl (C=O) groups excluding carboxylic acids is 2. The van der Waals surface area contributed by atoms with Crippen molar-refractivity contribution in [2.24, 2.45) is 18.4 Å². The molecule has 1 amide bonds. The molecule has 1 N–H and O–H groups in total. The molecule has 4 nitrogen and oxygen atoms in total. The number of Topliss-reactive ketones (excluding diaryl/α,β-unsaturated/α-hetero) is 1. The lowest BCUT2D eigenvalue weighted by atomic mass is 9.70. The zero-order chi connectivity index (χ0) is 18.4. The highest BCUT2D eigenvalue weighted by Crippen LogP contribution is 2.38. The number of benzene rings is 1. The van der Waals surface area contributed by atoms with Gasteiger partial charge >= 0.3 is 0 Å². The number of nitrogens with one attached hydrogen (secondary N) is 1. The van der Waals surface area contributed by atoms with Crippen LogP contribution in [0.3, 0.4) is 0 Å². The number of hydrogen-bond donors (Lipinski definition) is 1. The van der Waals surface area contributed by atoms with Crippen LogP contribution in [0.5, 0.6) is 0 Å². The summed E-state index contributed by atoms with van der Waals surface area (Å²) in [4.78, 5) is 25.5. The Labute approximate surface area is 149 Å². The monoisotopic (exact) mass is 340 g/mol. The molecule has 1 aromatic carbocycles. The molecular formula is C21H28N2O2. The second-order valence-electron chi connectivity index (χ2n) is 8.45. The van der Waals surface area contributed by atoms with Crippen molar-refractivity contribution in [1.82, 2.24) is 9.88 Å². The van der Waals surface area contributed by atoms with Crippen molar-refractivity contribution in [2.45, 2.75) is 53.0 Å². The largest absolute Gasteiger partial charge is 0.347 e. The number of nitrogens with zero attached hydrogens (tertiary/aromatic N) is 1. The first-order chi connectivity index (χ1) is 11.7. The molecule has 1 aliphatic carbocycles. The maximum atomic E-state index is 12.9. The van der Waals surface area contributed by atoms with Crippen molar-refractivity contribution in [1.29, 1.82) is 0 Å². The van der Waals surface area contributed by atoms with Gasteiger partial charge in [-0.1, -0.05) is 39.0 Å². The Morgan fingerprint density at radius 3 is 2.56 bits per heavy atom. The van der Waals surface area contributed by atoms with Crippen LogP contribution in [0.15, 0.2) is 24.3 Å². The molecule has 1 aromatic heterocycles. The summed E-state index contributed by atoms with van der Waals surface area (Å²) in [6.07, 6.45) is 3.03. The minimum Gasteiger partial charge on any atom is -0.347 e. The van der Waals surface area contributed by atoms with Crippen LogP contribution in [0, 0.1) is 18.3 Å². The average molecular weight is 340 g/mol. The number of aromatic nitrogens is 1. The minimum absolute atomic E-state index is 0.0745. The third-order valence-corrected chi connectivity index (χ3v) is 5.56. The fraction of sp³-hybridized carbons (Fsp3) is 0.524. The molecular weight excluding hydrogens is 312 g/mol. The predicted octanol–water partition coefficient (Wildman–Crippen LogP) is 4.00. The van der Waals surface area contributed by atoms with Crippen molar-refractivity contribution in [3.63, 3.8) is 0 Å². The van der Waals surface area contributed by atoms with Crippen LogP contribution < -0.4 is 5.32 Å². The van der Waals surface area contributed by atoms with Gasteiger partial charge in [0.15, 0.2) is 0 Å². The zero-order valence-corrected chi connectivity index (χ0v) is 15.8. The highest BCUT2D eigenvalue weighted by atomic mass is 16.2. The molecule has 2 atom stereocenters. The Kier molecular flexibility index (Phi) is 4.48. The molecule has 0 spiro atoms. The van der Waals surface area contributed by atoms with Crippen molar-refractivity contribution in [2.75, 3.05) is 0 Å². The average Bonchev–Trinajstić information content (AvgIpc) is 2.76. The van der Waals surface area contributed by atoms with Gasteiger partial charge in [0.05, 0.1) is 5.56 Å². The lowest BCUT2D eigenvalue weighted by Gasteiger charge is -2.39. The quantitative estimate of drug-likeness (QED) is 0.678. The minimum atomic E-state index is -0.477. The van der Waals surface area contributed by atoms with Crippen LogP contribution >= 0.6 is 0 Å². The van der Waals surface area contributed by atoms with E-state index in [1.807, 2.05) is 42.8 Å². The molecule has 0 radical (unpaired) electrons. The van der Waals surface area contributed by atoms with Gasteiger partial charge < -0.3 is 9.88 Å². The van der Waals surface area contributed by atoms with E-state index in [1.165, 1.54) is 0 Å². The summed E-state index contributed by atoms with van der Waals surface area (Å²) in [6.45, 7) is 8.58. The third-order valence-electron chi connectivity index (χ3n) is 5.56. The molecule has 134 valence electrons. The molecule has 2 aromatic rings. The third kappa shape index (κ3) is 3.35. The van der Waals surface area contributed by atoms with E-state index in [-0.39, 0.29) is 11.5 Å². The van der Waals surface area contributed by atoms with Crippen molar-refractivity contribution >= 4 is 22.6 Å². The van der Waals surface area contributed by atoms with Crippen LogP contribution in [0.4, 0.5) is 0 Å². The van der Waals surface area contributed by atoms with Gasteiger partial charge in [-0.3, -0.25) is 9.59 Å². The Morgan fingerprint density at radius 1 is 1.20 bits per heavy atom. The normalized spacial score (nSPS) is 22.8. The number of para-hydroxylation sites is 1. The summed E-state index contributed by atoms with van der Waals surface area (Å²) in [6, 6.07) is 7.81. The van der Waals surface area contributed by atoms with Crippen molar-refractivity contribution in [3.05, 3.63) is 35.5 Å². The summed E-state index contributed by atoms with van der Waals surface area (Å²) >= 11 is 0. The smallest absolute Gasteiger partial charge is 0.292 e. The molecule has 0 unspecified atom stereocenters. The van der Waals surface area contributed by atoms with Gasteiger partial charge in [-0.15, -0.1) is 0 Å². The van der Waals surface area contributed by atoms with E-state index in [4.69, 9.17) is 0 Å². The number of fused-ring (bicyclic) bond motifs is 1. The molecule has 25 heavy (non-hydrogen) atoms. The van der Waals surface area contributed by atoms with E-state index in [2.05, 4.69) is 26.1 Å². The highest BCUT2D eigenvalue weighted by Gasteiger charge is 2.34. The first-order valence-electron chi connectivity index (χ1n) is 9.09. The SMILES string of the molecule is Cc1c(C(=O)C(=O)N[C@@H]2C[C@@H](C)CC(C)(C)C2)c2ccccc2n1C. The van der Waals surface area contributed by atoms with E-state index in [0.29, 0.717) is 11.5 Å². The van der Waals surface area contributed by atoms with Crippen LogP contribution in [-0.4, -0.2) is 22.3 Å². The Morgan fingerprint density at radius 2 is 1.88 bits per heavy atom. The topological polar surface area (TPSA) is 51.1 Å². The number of ketones is 1. The zero-order valence-electron chi connectivity index (χ0n) is 15.8. The lowest BCUT2D eigenvalue weighted by molar-refractivity contribution is -0.118. The molecule has 0 bridgehead atoms. The van der Waals surface area contributed by atoms with Crippen LogP contribution in [-0.2, 0) is 11.8 Å². The molecule has 3 rings (SSSR count). The number of aryl methyl sites for hydroxylation is 1. The number of carbonyl (C=O) groups is 2. The van der Waals surface area contributed by atoms with E-state index in [9.17, 15) is 9.59 Å². The summed E-state index contributed by atoms with van der Waals surface area (Å²) in [5.74, 6) is -0.344. The van der Waals surface area contributed by atoms with Crippen LogP contribution in [0.2, 0.25) is 0 Å². The van der Waals surface area contributed by atoms with E-state index in [0.717, 1.165) is 35.9 Å². The van der Waals surface area contributed by atoms with Crippen molar-refractivity contribution < 1.29 is 9.59 Å². The predicted molar refractivity (Wildman–Crippen MR) is 101 cm³/mol. The summed E-state index contributed by atoms with van der Waals surface area (Å²) in [7, 11) is 1.93. The van der Waals surface area contributed by atoms with Gasteiger partial charge in [0.1, 0.15) is 0 Å². The van der Waals surface area contributed by atoms with E-state index in [1.54, 1.807) is 0 Å². The summed E-state index contributed by atoms with van der Waals surface area (Å²) in [5, 5.41) is 3.85. The number of hydrogen-bond acceptors (Lipinski definition) is 2. The number of rotatable bonds is 3. The van der Waals surface area contributed by atoms with Gasteiger partial charge in [-0.2, -0.15) is 0 Å². The first kappa shape index (κ1) is 17.7. The van der Waals surface area contributed by atoms with E-state index >= 15 is 0 Å². The van der Waals surface area contributed by atoms with Gasteiger partial charge in [0.25, 0.3) is 11.7 Å². The Bertz CT molecular complexity index is 832. The summed E-state index contributed by atoms with van der Waals surface area (Å²) < 4.78 is 1.97. The maximum Gasteiger partial charge on any atom is 0.292 e. The summed E-state index contributed by atoms with van der Waals surface area (Å²) in [5.41, 5.74) is 2.54. The maximum absolute atomic E-state index is 12.9. The highest BCUT2D eigenvalue weighted by molar-refractivity contribution is 6.45. The van der Waals surface area contributed by atoms with Gasteiger partial charge in [0.2, 0.25) is 0 Å². The Balaban J connectivity index is 1.84. The molecule has 0 aliphatic heterocycles. The molecule has 1 saturated carbocycles. The standard InChI is InChI=1S/C21H28N2O2/c1-13-10-15(12-21(3,4)11-13)22-20(25)19(24)18-14(2)23(5)17-9-7-6-8-16(17)18/h6-9,13,15H,10-12H2,1-5H3,(H,22,25)/t13-,15-/m1/s1. The lowest BCUT2D eigenvalue weighted by Crippen LogP contribution is -2.45. The molecule has 0 saturated heterocycles. The molecule has 1 heterocycles. The molecule has 4 heteroatoms. The second-order valence-corrected chi connectivity index (χ2v) is 8.45. The molecule has 1 fully saturated rings. The van der Waals surface area contributed by atoms with Gasteiger partial charge in [-0.05, 0) is 43.6 Å². The molecule has 1 aliphatic rings. The van der Waals surface area contributed by atoms with E-state index < -0.39 is 11.7 Å². The van der Waals surface area contributed by atoms with Crippen LogP contribution in [0.1, 0.15) is 56.1 Å². The first-order valence-corrected chi connectivity index (χ1v) is 9.09. The van der Waals surface area contributed by atoms with Gasteiger partial charge in [-0.25, -0.2) is 0 Å². The van der Waals surface area contributed by atoms with Crippen molar-refractivity contribution in [3.8, 4) is 0 Å².